The average molecular weight is 453 g/mol. The quantitative estimate of drug-likeness (QED) is 0.0998. The summed E-state index contributed by atoms with van der Waals surface area (Å²) >= 11 is 0. The summed E-state index contributed by atoms with van der Waals surface area (Å²) in [5.41, 5.74) is 0. The van der Waals surface area contributed by atoms with E-state index in [4.69, 9.17) is 24.4 Å². The first-order valence-corrected chi connectivity index (χ1v) is 14.4. The summed E-state index contributed by atoms with van der Waals surface area (Å²) in [5.74, 6) is 0. The molecule has 0 heterocycles. The van der Waals surface area contributed by atoms with Crippen LogP contribution in [0.1, 0.15) is 148 Å². The highest BCUT2D eigenvalue weighted by molar-refractivity contribution is 7.45. The van der Waals surface area contributed by atoms with Gasteiger partial charge in [-0.2, -0.15) is 0 Å². The van der Waals surface area contributed by atoms with Gasteiger partial charge in [-0.1, -0.05) is 142 Å². The number of hydrogen-bond acceptors (Lipinski definition) is 2. The van der Waals surface area contributed by atoms with E-state index in [2.05, 4.69) is 6.92 Å². The predicted octanol–water partition coefficient (Wildman–Crippen LogP) is 7.65. The van der Waals surface area contributed by atoms with Gasteiger partial charge in [-0.3, -0.25) is 0 Å². The molecule has 0 aromatic rings. The normalized spacial score (nSPS) is 11.4. The molecule has 0 rings (SSSR count). The molecule has 30 heavy (non-hydrogen) atoms. The van der Waals surface area contributed by atoms with Gasteiger partial charge in [0.1, 0.15) is 0 Å². The SMILES string of the molecule is CCCCCCCCCCCCCCCCCCCCCCCCO.O=P(O)(O)O. The number of aliphatic hydroxyl groups excluding tert-OH is 1. The summed E-state index contributed by atoms with van der Waals surface area (Å²) in [5, 5.41) is 8.72. The topological polar surface area (TPSA) is 98.0 Å². The number of phosphoric acid groups is 1. The highest BCUT2D eigenvalue weighted by Crippen LogP contribution is 2.25. The van der Waals surface area contributed by atoms with Gasteiger partial charge in [0.15, 0.2) is 0 Å². The fraction of sp³-hybridized carbons (Fsp3) is 1.00. The average Bonchev–Trinajstić information content (AvgIpc) is 2.68. The van der Waals surface area contributed by atoms with Crippen molar-refractivity contribution >= 4 is 7.82 Å². The lowest BCUT2D eigenvalue weighted by atomic mass is 10.0. The standard InChI is InChI=1S/C24H50O.H3O4P/c1-2-3-4-5-6-7-8-9-10-11-12-13-14-15-16-17-18-19-20-21-22-23-24-25;1-5(2,3)4/h25H,2-24H2,1H3;(H3,1,2,3,4). The van der Waals surface area contributed by atoms with Gasteiger partial charge in [0, 0.05) is 6.61 Å². The van der Waals surface area contributed by atoms with E-state index in [1.807, 2.05) is 0 Å². The van der Waals surface area contributed by atoms with Gasteiger partial charge >= 0.3 is 7.82 Å². The fourth-order valence-corrected chi connectivity index (χ4v) is 3.72. The zero-order valence-corrected chi connectivity index (χ0v) is 20.8. The molecule has 0 aromatic heterocycles. The minimum absolute atomic E-state index is 0.374. The summed E-state index contributed by atoms with van der Waals surface area (Å²) < 4.78 is 8.88. The van der Waals surface area contributed by atoms with E-state index in [0.29, 0.717) is 6.61 Å². The van der Waals surface area contributed by atoms with Crippen LogP contribution >= 0.6 is 7.82 Å². The molecule has 0 radical (unpaired) electrons. The van der Waals surface area contributed by atoms with Crippen molar-refractivity contribution in [3.63, 3.8) is 0 Å². The van der Waals surface area contributed by atoms with E-state index in [9.17, 15) is 0 Å². The molecular formula is C24H53O5P. The van der Waals surface area contributed by atoms with Crippen LogP contribution < -0.4 is 0 Å². The summed E-state index contributed by atoms with van der Waals surface area (Å²) in [6.07, 6.45) is 31.1. The van der Waals surface area contributed by atoms with Crippen LogP contribution in [0.4, 0.5) is 0 Å². The maximum Gasteiger partial charge on any atom is 0.466 e. The van der Waals surface area contributed by atoms with Crippen LogP contribution in [0.25, 0.3) is 0 Å². The Balaban J connectivity index is 0. The highest BCUT2D eigenvalue weighted by atomic mass is 31.2. The Hall–Kier alpha value is 0.0700. The fourth-order valence-electron chi connectivity index (χ4n) is 3.72. The first kappa shape index (κ1) is 32.3. The molecule has 6 heteroatoms. The minimum Gasteiger partial charge on any atom is -0.396 e. The Morgan fingerprint density at radius 1 is 0.433 bits per heavy atom. The first-order valence-electron chi connectivity index (χ1n) is 12.8. The molecule has 0 aromatic carbocycles. The van der Waals surface area contributed by atoms with E-state index >= 15 is 0 Å². The largest absolute Gasteiger partial charge is 0.466 e. The van der Waals surface area contributed by atoms with Crippen LogP contribution in [0.3, 0.4) is 0 Å². The molecule has 0 saturated heterocycles. The van der Waals surface area contributed by atoms with E-state index in [0.717, 1.165) is 6.42 Å². The van der Waals surface area contributed by atoms with E-state index in [-0.39, 0.29) is 0 Å². The van der Waals surface area contributed by atoms with Crippen LogP contribution in [-0.2, 0) is 4.57 Å². The van der Waals surface area contributed by atoms with Crippen molar-refractivity contribution in [3.8, 4) is 0 Å². The maximum absolute atomic E-state index is 8.88. The molecule has 0 fully saturated rings. The molecule has 0 atom stereocenters. The second-order valence-electron chi connectivity index (χ2n) is 8.66. The molecule has 0 unspecified atom stereocenters. The predicted molar refractivity (Wildman–Crippen MR) is 129 cm³/mol. The van der Waals surface area contributed by atoms with Gasteiger partial charge in [-0.25, -0.2) is 4.57 Å². The van der Waals surface area contributed by atoms with E-state index in [1.165, 1.54) is 135 Å². The Morgan fingerprint density at radius 2 is 0.600 bits per heavy atom. The lowest BCUT2D eigenvalue weighted by molar-refractivity contribution is 0.275. The van der Waals surface area contributed by atoms with Gasteiger partial charge in [-0.05, 0) is 6.42 Å². The van der Waals surface area contributed by atoms with Crippen molar-refractivity contribution in [1.29, 1.82) is 0 Å². The number of unbranched alkanes of at least 4 members (excludes halogenated alkanes) is 21. The third kappa shape index (κ3) is 42.2. The van der Waals surface area contributed by atoms with Crippen molar-refractivity contribution in [1.82, 2.24) is 0 Å². The van der Waals surface area contributed by atoms with E-state index < -0.39 is 7.82 Å². The summed E-state index contributed by atoms with van der Waals surface area (Å²) in [4.78, 5) is 21.6. The van der Waals surface area contributed by atoms with Gasteiger partial charge in [0.25, 0.3) is 0 Å². The zero-order valence-electron chi connectivity index (χ0n) is 19.9. The summed E-state index contributed by atoms with van der Waals surface area (Å²) in [6, 6.07) is 0. The maximum atomic E-state index is 8.88. The molecule has 0 bridgehead atoms. The van der Waals surface area contributed by atoms with Gasteiger partial charge in [-0.15, -0.1) is 0 Å². The van der Waals surface area contributed by atoms with Crippen LogP contribution in [0, 0.1) is 0 Å². The third-order valence-corrected chi connectivity index (χ3v) is 5.51. The Kier molecular flexibility index (Phi) is 29.1. The second kappa shape index (κ2) is 27.1. The molecule has 4 N–H and O–H groups in total. The van der Waals surface area contributed by atoms with Crippen molar-refractivity contribution < 1.29 is 24.4 Å². The molecular weight excluding hydrogens is 399 g/mol. The lowest BCUT2D eigenvalue weighted by Crippen LogP contribution is -1.85. The van der Waals surface area contributed by atoms with Gasteiger partial charge in [0.05, 0.1) is 0 Å². The molecule has 0 amide bonds. The zero-order chi connectivity index (χ0) is 22.8. The summed E-state index contributed by atoms with van der Waals surface area (Å²) in [7, 11) is -4.64. The van der Waals surface area contributed by atoms with Crippen molar-refractivity contribution in [2.24, 2.45) is 0 Å². The van der Waals surface area contributed by atoms with Crippen LogP contribution in [0.15, 0.2) is 0 Å². The first-order chi connectivity index (χ1) is 14.4. The number of aliphatic hydroxyl groups is 1. The van der Waals surface area contributed by atoms with Crippen LogP contribution in [-0.4, -0.2) is 26.4 Å². The molecule has 0 spiro atoms. The number of hydrogen-bond donors (Lipinski definition) is 4. The molecule has 0 aliphatic heterocycles. The molecule has 0 aliphatic carbocycles. The van der Waals surface area contributed by atoms with Crippen LogP contribution in [0.5, 0.6) is 0 Å². The molecule has 184 valence electrons. The summed E-state index contributed by atoms with van der Waals surface area (Å²) in [6.45, 7) is 2.67. The Morgan fingerprint density at radius 3 is 0.767 bits per heavy atom. The molecule has 5 nitrogen and oxygen atoms in total. The molecule has 0 saturated carbocycles. The second-order valence-corrected chi connectivity index (χ2v) is 9.69. The van der Waals surface area contributed by atoms with Crippen molar-refractivity contribution in [3.05, 3.63) is 0 Å². The Bertz CT molecular complexity index is 316. The smallest absolute Gasteiger partial charge is 0.396 e. The monoisotopic (exact) mass is 452 g/mol. The minimum atomic E-state index is -4.64. The highest BCUT2D eigenvalue weighted by Gasteiger charge is 2.00. The van der Waals surface area contributed by atoms with Crippen molar-refractivity contribution in [2.45, 2.75) is 148 Å². The van der Waals surface area contributed by atoms with Gasteiger partial charge in [0.2, 0.25) is 0 Å². The van der Waals surface area contributed by atoms with Gasteiger partial charge < -0.3 is 19.8 Å². The van der Waals surface area contributed by atoms with E-state index in [1.54, 1.807) is 0 Å². The Labute approximate surface area is 187 Å². The van der Waals surface area contributed by atoms with Crippen LogP contribution in [0.2, 0.25) is 0 Å². The number of rotatable bonds is 22. The third-order valence-electron chi connectivity index (χ3n) is 5.51. The van der Waals surface area contributed by atoms with Crippen molar-refractivity contribution in [2.75, 3.05) is 6.61 Å². The lowest BCUT2D eigenvalue weighted by Gasteiger charge is -2.04. The molecule has 0 aliphatic rings.